The van der Waals surface area contributed by atoms with Crippen LogP contribution in [-0.4, -0.2) is 37.8 Å². The zero-order valence-electron chi connectivity index (χ0n) is 13.3. The van der Waals surface area contributed by atoms with Crippen LogP contribution in [0.3, 0.4) is 0 Å². The Hall–Kier alpha value is -1.40. The van der Waals surface area contributed by atoms with Gasteiger partial charge in [0, 0.05) is 24.7 Å². The van der Waals surface area contributed by atoms with Gasteiger partial charge in [0.2, 0.25) is 10.0 Å². The van der Waals surface area contributed by atoms with Crippen LogP contribution >= 0.6 is 0 Å². The molecule has 0 saturated heterocycles. The van der Waals surface area contributed by atoms with Gasteiger partial charge in [-0.3, -0.25) is 4.79 Å². The molecule has 118 valence electrons. The molecular weight excluding hydrogens is 288 g/mol. The molecule has 0 atom stereocenters. The van der Waals surface area contributed by atoms with Crippen molar-refractivity contribution in [3.63, 3.8) is 0 Å². The van der Waals surface area contributed by atoms with Crippen molar-refractivity contribution in [2.24, 2.45) is 0 Å². The highest BCUT2D eigenvalue weighted by Gasteiger charge is 2.24. The van der Waals surface area contributed by atoms with Crippen LogP contribution in [0.1, 0.15) is 43.6 Å². The standard InChI is InChI=1S/C15H24N2O3S/c1-6-17(7-2)21(19,20)14-10-13(9-8-12(14)5)15(18)16-11(3)4/h8-11H,6-7H2,1-5H3,(H,16,18). The lowest BCUT2D eigenvalue weighted by molar-refractivity contribution is 0.0943. The maximum Gasteiger partial charge on any atom is 0.251 e. The first kappa shape index (κ1) is 17.7. The molecule has 6 heteroatoms. The highest BCUT2D eigenvalue weighted by atomic mass is 32.2. The predicted molar refractivity (Wildman–Crippen MR) is 83.9 cm³/mol. The van der Waals surface area contributed by atoms with E-state index in [1.807, 2.05) is 13.8 Å². The lowest BCUT2D eigenvalue weighted by atomic mass is 10.1. The van der Waals surface area contributed by atoms with Crippen molar-refractivity contribution in [2.45, 2.75) is 45.6 Å². The fourth-order valence-electron chi connectivity index (χ4n) is 2.07. The van der Waals surface area contributed by atoms with Crippen LogP contribution in [-0.2, 0) is 10.0 Å². The van der Waals surface area contributed by atoms with Crippen molar-refractivity contribution < 1.29 is 13.2 Å². The Balaban J connectivity index is 3.28. The fraction of sp³-hybridized carbons (Fsp3) is 0.533. The van der Waals surface area contributed by atoms with Gasteiger partial charge in [-0.1, -0.05) is 19.9 Å². The Labute approximate surface area is 127 Å². The zero-order chi connectivity index (χ0) is 16.2. The van der Waals surface area contributed by atoms with Gasteiger partial charge in [-0.05, 0) is 38.5 Å². The minimum absolute atomic E-state index is 0.00152. The summed E-state index contributed by atoms with van der Waals surface area (Å²) in [7, 11) is -3.56. The van der Waals surface area contributed by atoms with Crippen molar-refractivity contribution in [2.75, 3.05) is 13.1 Å². The maximum atomic E-state index is 12.6. The molecule has 0 unspecified atom stereocenters. The summed E-state index contributed by atoms with van der Waals surface area (Å²) in [6.45, 7) is 9.86. The average Bonchev–Trinajstić information content (AvgIpc) is 2.39. The molecule has 1 N–H and O–H groups in total. The molecule has 1 amide bonds. The van der Waals surface area contributed by atoms with Crippen LogP contribution in [0, 0.1) is 6.92 Å². The van der Waals surface area contributed by atoms with E-state index >= 15 is 0 Å². The lowest BCUT2D eigenvalue weighted by Gasteiger charge is -2.20. The van der Waals surface area contributed by atoms with E-state index < -0.39 is 10.0 Å². The van der Waals surface area contributed by atoms with Gasteiger partial charge < -0.3 is 5.32 Å². The summed E-state index contributed by atoms with van der Waals surface area (Å²) in [5, 5.41) is 2.77. The van der Waals surface area contributed by atoms with Crippen LogP contribution in [0.5, 0.6) is 0 Å². The van der Waals surface area contributed by atoms with E-state index in [1.165, 1.54) is 10.4 Å². The van der Waals surface area contributed by atoms with Crippen molar-refractivity contribution >= 4 is 15.9 Å². The first-order valence-corrected chi connectivity index (χ1v) is 8.59. The maximum absolute atomic E-state index is 12.6. The van der Waals surface area contributed by atoms with Gasteiger partial charge >= 0.3 is 0 Å². The Morgan fingerprint density at radius 2 is 1.81 bits per heavy atom. The molecule has 0 aliphatic carbocycles. The summed E-state index contributed by atoms with van der Waals surface area (Å²) < 4.78 is 26.6. The van der Waals surface area contributed by atoms with Crippen LogP contribution in [0.15, 0.2) is 23.1 Å². The molecule has 1 aromatic rings. The SMILES string of the molecule is CCN(CC)S(=O)(=O)c1cc(C(=O)NC(C)C)ccc1C. The van der Waals surface area contributed by atoms with Gasteiger partial charge in [0.25, 0.3) is 5.91 Å². The molecule has 0 aromatic heterocycles. The van der Waals surface area contributed by atoms with E-state index in [1.54, 1.807) is 32.9 Å². The first-order valence-electron chi connectivity index (χ1n) is 7.15. The molecule has 0 radical (unpaired) electrons. The van der Waals surface area contributed by atoms with Gasteiger partial charge in [0.05, 0.1) is 4.90 Å². The fourth-order valence-corrected chi connectivity index (χ4v) is 3.78. The molecule has 1 rings (SSSR count). The number of nitrogens with one attached hydrogen (secondary N) is 1. The summed E-state index contributed by atoms with van der Waals surface area (Å²) in [6, 6.07) is 4.78. The van der Waals surface area contributed by atoms with Crippen LogP contribution < -0.4 is 5.32 Å². The summed E-state index contributed by atoms with van der Waals surface area (Å²) in [4.78, 5) is 12.2. The molecule has 0 saturated carbocycles. The third-order valence-electron chi connectivity index (χ3n) is 3.19. The number of amides is 1. The molecule has 0 aliphatic heterocycles. The molecule has 0 heterocycles. The zero-order valence-corrected chi connectivity index (χ0v) is 14.1. The van der Waals surface area contributed by atoms with E-state index in [0.717, 1.165) is 0 Å². The van der Waals surface area contributed by atoms with Gasteiger partial charge in [-0.25, -0.2) is 8.42 Å². The van der Waals surface area contributed by atoms with Crippen molar-refractivity contribution in [1.82, 2.24) is 9.62 Å². The number of benzene rings is 1. The number of nitrogens with zero attached hydrogens (tertiary/aromatic N) is 1. The van der Waals surface area contributed by atoms with Crippen LogP contribution in [0.2, 0.25) is 0 Å². The monoisotopic (exact) mass is 312 g/mol. The average molecular weight is 312 g/mol. The second-order valence-corrected chi connectivity index (χ2v) is 7.10. The second-order valence-electron chi connectivity index (χ2n) is 5.20. The molecule has 0 bridgehead atoms. The summed E-state index contributed by atoms with van der Waals surface area (Å²) >= 11 is 0. The van der Waals surface area contributed by atoms with Gasteiger partial charge in [-0.2, -0.15) is 4.31 Å². The Bertz CT molecular complexity index is 605. The number of rotatable bonds is 6. The van der Waals surface area contributed by atoms with E-state index in [9.17, 15) is 13.2 Å². The third kappa shape index (κ3) is 4.04. The summed E-state index contributed by atoms with van der Waals surface area (Å²) in [6.07, 6.45) is 0. The largest absolute Gasteiger partial charge is 0.350 e. The quantitative estimate of drug-likeness (QED) is 0.875. The number of aryl methyl sites for hydroxylation is 1. The Morgan fingerprint density at radius 1 is 1.24 bits per heavy atom. The highest BCUT2D eigenvalue weighted by Crippen LogP contribution is 2.21. The number of hydrogen-bond donors (Lipinski definition) is 1. The smallest absolute Gasteiger partial charge is 0.251 e. The van der Waals surface area contributed by atoms with Crippen LogP contribution in [0.4, 0.5) is 0 Å². The number of sulfonamides is 1. The molecule has 0 aliphatic rings. The predicted octanol–water partition coefficient (Wildman–Crippen LogP) is 2.16. The normalized spacial score (nSPS) is 12.0. The first-order chi connectivity index (χ1) is 9.73. The molecule has 5 nitrogen and oxygen atoms in total. The van der Waals surface area contributed by atoms with E-state index in [-0.39, 0.29) is 16.8 Å². The summed E-state index contributed by atoms with van der Waals surface area (Å²) in [5.74, 6) is -0.263. The Kier molecular flexibility index (Phi) is 5.92. The van der Waals surface area contributed by atoms with Crippen molar-refractivity contribution in [3.8, 4) is 0 Å². The van der Waals surface area contributed by atoms with E-state index in [4.69, 9.17) is 0 Å². The minimum atomic E-state index is -3.56. The topological polar surface area (TPSA) is 66.5 Å². The van der Waals surface area contributed by atoms with E-state index in [2.05, 4.69) is 5.32 Å². The molecule has 21 heavy (non-hydrogen) atoms. The number of carbonyl (C=O) groups is 1. The van der Waals surface area contributed by atoms with Crippen molar-refractivity contribution in [1.29, 1.82) is 0 Å². The molecular formula is C15H24N2O3S. The van der Waals surface area contributed by atoms with Crippen LogP contribution in [0.25, 0.3) is 0 Å². The lowest BCUT2D eigenvalue weighted by Crippen LogP contribution is -2.32. The second kappa shape index (κ2) is 7.04. The number of hydrogen-bond acceptors (Lipinski definition) is 3. The Morgan fingerprint density at radius 3 is 2.29 bits per heavy atom. The van der Waals surface area contributed by atoms with E-state index in [0.29, 0.717) is 24.2 Å². The third-order valence-corrected chi connectivity index (χ3v) is 5.39. The highest BCUT2D eigenvalue weighted by molar-refractivity contribution is 7.89. The van der Waals surface area contributed by atoms with Crippen molar-refractivity contribution in [3.05, 3.63) is 29.3 Å². The molecule has 1 aromatic carbocycles. The van der Waals surface area contributed by atoms with Gasteiger partial charge in [-0.15, -0.1) is 0 Å². The number of carbonyl (C=O) groups excluding carboxylic acids is 1. The summed E-state index contributed by atoms with van der Waals surface area (Å²) in [5.41, 5.74) is 1.00. The molecule has 0 fully saturated rings. The van der Waals surface area contributed by atoms with Gasteiger partial charge in [0.1, 0.15) is 0 Å². The molecule has 0 spiro atoms. The minimum Gasteiger partial charge on any atom is -0.350 e. The van der Waals surface area contributed by atoms with Gasteiger partial charge in [0.15, 0.2) is 0 Å².